The van der Waals surface area contributed by atoms with E-state index < -0.39 is 16.1 Å². The maximum absolute atomic E-state index is 12.8. The molecule has 0 fully saturated rings. The average molecular weight is 400 g/mol. The van der Waals surface area contributed by atoms with E-state index >= 15 is 0 Å². The van der Waals surface area contributed by atoms with Crippen molar-refractivity contribution in [3.63, 3.8) is 0 Å². The normalized spacial score (nSPS) is 15.7. The summed E-state index contributed by atoms with van der Waals surface area (Å²) in [6.07, 6.45) is 2.18. The number of imidazole rings is 1. The van der Waals surface area contributed by atoms with Crippen molar-refractivity contribution in [2.45, 2.75) is 31.3 Å². The molecule has 1 aromatic heterocycles. The lowest BCUT2D eigenvalue weighted by molar-refractivity contribution is 0.297. The third-order valence-corrected chi connectivity index (χ3v) is 6.10. The Hall–Kier alpha value is -1.77. The maximum atomic E-state index is 12.8. The fourth-order valence-electron chi connectivity index (χ4n) is 2.76. The van der Waals surface area contributed by atoms with Gasteiger partial charge in [-0.25, -0.2) is 18.1 Å². The lowest BCUT2D eigenvalue weighted by Gasteiger charge is -2.23. The van der Waals surface area contributed by atoms with Crippen LogP contribution >= 0.6 is 11.6 Å². The van der Waals surface area contributed by atoms with Crippen molar-refractivity contribution in [3.8, 4) is 11.5 Å². The molecule has 2 heterocycles. The Kier molecular flexibility index (Phi) is 5.45. The molecule has 26 heavy (non-hydrogen) atoms. The van der Waals surface area contributed by atoms with Gasteiger partial charge in [0.05, 0.1) is 19.5 Å². The molecule has 3 rings (SSSR count). The number of hydrogen-bond acceptors (Lipinski definition) is 5. The van der Waals surface area contributed by atoms with E-state index in [0.717, 1.165) is 12.0 Å². The van der Waals surface area contributed by atoms with Crippen LogP contribution in [0.3, 0.4) is 0 Å². The number of benzene rings is 1. The van der Waals surface area contributed by atoms with Crippen molar-refractivity contribution in [1.29, 1.82) is 0 Å². The van der Waals surface area contributed by atoms with Crippen molar-refractivity contribution in [1.82, 2.24) is 14.3 Å². The van der Waals surface area contributed by atoms with Gasteiger partial charge in [0.2, 0.25) is 5.03 Å². The van der Waals surface area contributed by atoms with Crippen LogP contribution in [0.25, 0.3) is 0 Å². The molecule has 9 heteroatoms. The molecule has 142 valence electrons. The van der Waals surface area contributed by atoms with Crippen molar-refractivity contribution in [2.24, 2.45) is 13.0 Å². The summed E-state index contributed by atoms with van der Waals surface area (Å²) in [5, 5.41) is -0.111. The Labute approximate surface area is 158 Å². The summed E-state index contributed by atoms with van der Waals surface area (Å²) < 4.78 is 41.1. The molecule has 1 N–H and O–H groups in total. The smallest absolute Gasteiger partial charge is 0.261 e. The first kappa shape index (κ1) is 19.0. The van der Waals surface area contributed by atoms with Crippen molar-refractivity contribution >= 4 is 21.6 Å². The fraction of sp³-hybridized carbons (Fsp3) is 0.471. The van der Waals surface area contributed by atoms with E-state index in [1.807, 2.05) is 32.0 Å². The van der Waals surface area contributed by atoms with E-state index in [2.05, 4.69) is 9.71 Å². The van der Waals surface area contributed by atoms with E-state index in [9.17, 15) is 8.42 Å². The molecule has 0 amide bonds. The van der Waals surface area contributed by atoms with Crippen LogP contribution in [0.15, 0.2) is 29.6 Å². The van der Waals surface area contributed by atoms with Crippen LogP contribution in [-0.4, -0.2) is 31.2 Å². The lowest BCUT2D eigenvalue weighted by Crippen LogP contribution is -2.32. The van der Waals surface area contributed by atoms with E-state index in [-0.39, 0.29) is 16.1 Å². The minimum Gasteiger partial charge on any atom is -0.490 e. The molecule has 1 atom stereocenters. The van der Waals surface area contributed by atoms with Gasteiger partial charge < -0.3 is 14.0 Å². The van der Waals surface area contributed by atoms with Gasteiger partial charge in [0.15, 0.2) is 11.5 Å². The molecule has 0 radical (unpaired) electrons. The molecule has 0 aliphatic carbocycles. The first-order chi connectivity index (χ1) is 12.3. The molecular formula is C17H22ClN3O4S. The Bertz CT molecular complexity index is 895. The van der Waals surface area contributed by atoms with Gasteiger partial charge in [-0.3, -0.25) is 0 Å². The van der Waals surface area contributed by atoms with E-state index in [4.69, 9.17) is 21.1 Å². The van der Waals surface area contributed by atoms with E-state index in [0.29, 0.717) is 24.7 Å². The SMILES string of the molecule is CC(C)[C@@H](NS(=O)(=O)c1ncn(C)c1Cl)c1ccc2c(c1)OCCCO2. The van der Waals surface area contributed by atoms with Gasteiger partial charge in [0, 0.05) is 19.5 Å². The highest BCUT2D eigenvalue weighted by Crippen LogP contribution is 2.35. The predicted molar refractivity (Wildman–Crippen MR) is 98.2 cm³/mol. The minimum absolute atomic E-state index is 0.00277. The second-order valence-corrected chi connectivity index (χ2v) is 8.54. The third kappa shape index (κ3) is 3.82. The van der Waals surface area contributed by atoms with E-state index in [1.54, 1.807) is 7.05 Å². The Morgan fingerprint density at radius 2 is 1.92 bits per heavy atom. The summed E-state index contributed by atoms with van der Waals surface area (Å²) in [5.74, 6) is 1.29. The zero-order chi connectivity index (χ0) is 18.9. The first-order valence-corrected chi connectivity index (χ1v) is 10.2. The van der Waals surface area contributed by atoms with Gasteiger partial charge in [-0.1, -0.05) is 31.5 Å². The summed E-state index contributed by atoms with van der Waals surface area (Å²) in [6.45, 7) is 5.05. The minimum atomic E-state index is -3.88. The summed E-state index contributed by atoms with van der Waals surface area (Å²) in [7, 11) is -2.24. The van der Waals surface area contributed by atoms with Crippen LogP contribution in [0, 0.1) is 5.92 Å². The van der Waals surface area contributed by atoms with Gasteiger partial charge in [0.1, 0.15) is 5.15 Å². The Morgan fingerprint density at radius 3 is 2.54 bits per heavy atom. The molecule has 1 aliphatic heterocycles. The molecule has 1 aliphatic rings. The number of hydrogen-bond donors (Lipinski definition) is 1. The number of sulfonamides is 1. The summed E-state index contributed by atoms with van der Waals surface area (Å²) in [4.78, 5) is 3.91. The van der Waals surface area contributed by atoms with Crippen LogP contribution in [0.1, 0.15) is 31.9 Å². The van der Waals surface area contributed by atoms with Gasteiger partial charge in [-0.05, 0) is 23.6 Å². The molecule has 1 aromatic carbocycles. The topological polar surface area (TPSA) is 82.5 Å². The molecule has 0 unspecified atom stereocenters. The number of halogens is 1. The molecule has 0 spiro atoms. The average Bonchev–Trinajstić information content (AvgIpc) is 2.81. The van der Waals surface area contributed by atoms with Crippen LogP contribution in [-0.2, 0) is 17.1 Å². The standard InChI is InChI=1S/C17H22ClN3O4S/c1-11(2)15(20-26(22,23)17-16(18)21(3)10-19-17)12-5-6-13-14(9-12)25-8-4-7-24-13/h5-6,9-11,15,20H,4,7-8H2,1-3H3/t15-/m1/s1. The number of nitrogens with zero attached hydrogens (tertiary/aromatic N) is 2. The monoisotopic (exact) mass is 399 g/mol. The predicted octanol–water partition coefficient (Wildman–Crippen LogP) is 2.91. The van der Waals surface area contributed by atoms with Crippen LogP contribution in [0.4, 0.5) is 0 Å². The van der Waals surface area contributed by atoms with Gasteiger partial charge in [-0.2, -0.15) is 0 Å². The number of aromatic nitrogens is 2. The summed E-state index contributed by atoms with van der Waals surface area (Å²) >= 11 is 6.06. The van der Waals surface area contributed by atoms with Gasteiger partial charge in [0.25, 0.3) is 10.0 Å². The van der Waals surface area contributed by atoms with Gasteiger partial charge in [-0.15, -0.1) is 0 Å². The van der Waals surface area contributed by atoms with Crippen molar-refractivity contribution in [2.75, 3.05) is 13.2 Å². The third-order valence-electron chi connectivity index (χ3n) is 4.17. The summed E-state index contributed by atoms with van der Waals surface area (Å²) in [6, 6.07) is 5.03. The fourth-order valence-corrected chi connectivity index (χ4v) is 4.56. The zero-order valence-corrected chi connectivity index (χ0v) is 16.5. The second kappa shape index (κ2) is 7.46. The number of ether oxygens (including phenoxy) is 2. The molecule has 7 nitrogen and oxygen atoms in total. The number of rotatable bonds is 5. The highest BCUT2D eigenvalue weighted by Gasteiger charge is 2.29. The number of aryl methyl sites for hydroxylation is 1. The van der Waals surface area contributed by atoms with Crippen LogP contribution in [0.5, 0.6) is 11.5 Å². The highest BCUT2D eigenvalue weighted by atomic mass is 35.5. The molecular weight excluding hydrogens is 378 g/mol. The van der Waals surface area contributed by atoms with E-state index in [1.165, 1.54) is 10.9 Å². The number of nitrogens with one attached hydrogen (secondary N) is 1. The van der Waals surface area contributed by atoms with Crippen molar-refractivity contribution < 1.29 is 17.9 Å². The number of fused-ring (bicyclic) bond motifs is 1. The molecule has 0 bridgehead atoms. The first-order valence-electron chi connectivity index (χ1n) is 8.38. The quantitative estimate of drug-likeness (QED) is 0.835. The lowest BCUT2D eigenvalue weighted by atomic mass is 9.97. The Balaban J connectivity index is 1.93. The van der Waals surface area contributed by atoms with Crippen molar-refractivity contribution in [3.05, 3.63) is 35.2 Å². The Morgan fingerprint density at radius 1 is 1.23 bits per heavy atom. The van der Waals surface area contributed by atoms with Crippen LogP contribution in [0.2, 0.25) is 5.15 Å². The maximum Gasteiger partial charge on any atom is 0.261 e. The second-order valence-electron chi connectivity index (χ2n) is 6.55. The largest absolute Gasteiger partial charge is 0.490 e. The van der Waals surface area contributed by atoms with Crippen LogP contribution < -0.4 is 14.2 Å². The molecule has 0 saturated heterocycles. The molecule has 0 saturated carbocycles. The highest BCUT2D eigenvalue weighted by molar-refractivity contribution is 7.89. The summed E-state index contributed by atoms with van der Waals surface area (Å²) in [5.41, 5.74) is 0.792. The van der Waals surface area contributed by atoms with Gasteiger partial charge >= 0.3 is 0 Å². The molecule has 2 aromatic rings. The zero-order valence-electron chi connectivity index (χ0n) is 14.9.